The molecule has 0 aliphatic rings. The highest BCUT2D eigenvalue weighted by Gasteiger charge is 2.40. The van der Waals surface area contributed by atoms with Gasteiger partial charge in [-0.05, 0) is 25.2 Å². The van der Waals surface area contributed by atoms with Crippen molar-refractivity contribution in [2.45, 2.75) is 195 Å². The van der Waals surface area contributed by atoms with Gasteiger partial charge in [0, 0.05) is 0 Å². The van der Waals surface area contributed by atoms with Crippen molar-refractivity contribution in [1.82, 2.24) is 0 Å². The maximum absolute atomic E-state index is 12.3. The zero-order valence-electron chi connectivity index (χ0n) is 24.8. The molecule has 0 heterocycles. The molecule has 0 bridgehead atoms. The van der Waals surface area contributed by atoms with Crippen LogP contribution in [-0.4, -0.2) is 11.1 Å². The lowest BCUT2D eigenvalue weighted by atomic mass is 9.69. The summed E-state index contributed by atoms with van der Waals surface area (Å²) in [5.74, 6) is -0.255. The summed E-state index contributed by atoms with van der Waals surface area (Å²) >= 11 is 0. The van der Waals surface area contributed by atoms with E-state index in [-0.39, 0.29) is 5.92 Å². The van der Waals surface area contributed by atoms with E-state index in [1.807, 2.05) is 0 Å². The van der Waals surface area contributed by atoms with Gasteiger partial charge in [-0.3, -0.25) is 4.79 Å². The molecule has 0 aromatic rings. The predicted octanol–water partition coefficient (Wildman–Crippen LogP) is 11.9. The number of carboxylic acids is 1. The lowest BCUT2D eigenvalue weighted by Crippen LogP contribution is -2.37. The largest absolute Gasteiger partial charge is 0.481 e. The molecule has 0 aliphatic heterocycles. The van der Waals surface area contributed by atoms with Gasteiger partial charge in [0.2, 0.25) is 0 Å². The summed E-state index contributed by atoms with van der Waals surface area (Å²) in [5, 5.41) is 10.1. The summed E-state index contributed by atoms with van der Waals surface area (Å²) in [7, 11) is 0. The van der Waals surface area contributed by atoms with Crippen molar-refractivity contribution >= 4 is 5.97 Å². The highest BCUT2D eigenvalue weighted by Crippen LogP contribution is 2.40. The van der Waals surface area contributed by atoms with Crippen molar-refractivity contribution in [3.8, 4) is 0 Å². The molecular weight excluding hydrogens is 428 g/mol. The van der Waals surface area contributed by atoms with E-state index < -0.39 is 11.4 Å². The van der Waals surface area contributed by atoms with Gasteiger partial charge in [0.25, 0.3) is 0 Å². The average Bonchev–Trinajstić information content (AvgIpc) is 2.85. The molecule has 0 fully saturated rings. The van der Waals surface area contributed by atoms with E-state index in [1.54, 1.807) is 0 Å². The maximum Gasteiger partial charge on any atom is 0.309 e. The van der Waals surface area contributed by atoms with Gasteiger partial charge in [-0.15, -0.1) is 0 Å². The number of rotatable bonds is 28. The molecule has 210 valence electrons. The van der Waals surface area contributed by atoms with Gasteiger partial charge < -0.3 is 5.11 Å². The van der Waals surface area contributed by atoms with Crippen molar-refractivity contribution in [3.05, 3.63) is 0 Å². The number of carboxylic acid groups (broad SMARTS) is 1. The summed E-state index contributed by atoms with van der Waals surface area (Å²) in [6.07, 6.45) is 33.7. The highest BCUT2D eigenvalue weighted by atomic mass is 16.4. The molecule has 0 radical (unpaired) electrons. The molecule has 2 atom stereocenters. The van der Waals surface area contributed by atoms with Crippen LogP contribution < -0.4 is 0 Å². The second kappa shape index (κ2) is 25.1. The fourth-order valence-electron chi connectivity index (χ4n) is 5.91. The summed E-state index contributed by atoms with van der Waals surface area (Å²) < 4.78 is 0. The molecule has 2 heteroatoms. The molecule has 0 aliphatic carbocycles. The molecule has 2 unspecified atom stereocenters. The van der Waals surface area contributed by atoms with Crippen LogP contribution in [0, 0.1) is 11.3 Å². The summed E-state index contributed by atoms with van der Waals surface area (Å²) in [6.45, 7) is 8.87. The first kappa shape index (κ1) is 34.5. The van der Waals surface area contributed by atoms with Crippen LogP contribution in [0.15, 0.2) is 0 Å². The van der Waals surface area contributed by atoms with Crippen molar-refractivity contribution in [1.29, 1.82) is 0 Å². The molecule has 0 aromatic heterocycles. The van der Waals surface area contributed by atoms with Gasteiger partial charge in [0.15, 0.2) is 0 Å². The number of aliphatic carboxylic acids is 1. The van der Waals surface area contributed by atoms with E-state index in [9.17, 15) is 9.90 Å². The Morgan fingerprint density at radius 3 is 1.17 bits per heavy atom. The van der Waals surface area contributed by atoms with Crippen molar-refractivity contribution in [2.75, 3.05) is 0 Å². The normalized spacial score (nSPS) is 14.2. The Kier molecular flexibility index (Phi) is 24.8. The molecule has 1 N–H and O–H groups in total. The third kappa shape index (κ3) is 18.4. The number of hydrogen-bond donors (Lipinski definition) is 1. The van der Waals surface area contributed by atoms with E-state index in [0.717, 1.165) is 25.7 Å². The Morgan fingerprint density at radius 2 is 0.857 bits per heavy atom. The highest BCUT2D eigenvalue weighted by molar-refractivity contribution is 5.74. The third-order valence-electron chi connectivity index (χ3n) is 8.72. The van der Waals surface area contributed by atoms with Crippen LogP contribution in [0.3, 0.4) is 0 Å². The molecule has 0 saturated heterocycles. The lowest BCUT2D eigenvalue weighted by molar-refractivity contribution is -0.153. The SMILES string of the molecule is CCCCCCCCCCCCCCCC(C)C(CC)(CCCCCCCCCCCC)C(=O)O. The first-order chi connectivity index (χ1) is 17.0. The minimum Gasteiger partial charge on any atom is -0.481 e. The van der Waals surface area contributed by atoms with E-state index in [4.69, 9.17) is 0 Å². The number of unbranched alkanes of at least 4 members (excludes halogenated alkanes) is 21. The van der Waals surface area contributed by atoms with Crippen LogP contribution in [0.5, 0.6) is 0 Å². The Hall–Kier alpha value is -0.530. The maximum atomic E-state index is 12.3. The monoisotopic (exact) mass is 495 g/mol. The van der Waals surface area contributed by atoms with E-state index in [1.165, 1.54) is 141 Å². The molecular formula is C33H66O2. The standard InChI is InChI=1S/C33H66O2/c1-5-8-10-12-14-16-18-19-20-21-23-25-27-29-31(4)33(7-3,32(34)35)30-28-26-24-22-17-15-13-11-9-6-2/h31H,5-30H2,1-4H3,(H,34,35). The Morgan fingerprint density at radius 1 is 0.543 bits per heavy atom. The average molecular weight is 495 g/mol. The summed E-state index contributed by atoms with van der Waals surface area (Å²) in [4.78, 5) is 12.3. The zero-order chi connectivity index (χ0) is 26.0. The Balaban J connectivity index is 3.90. The van der Waals surface area contributed by atoms with Gasteiger partial charge in [-0.25, -0.2) is 0 Å². The molecule has 0 spiro atoms. The molecule has 0 amide bonds. The fraction of sp³-hybridized carbons (Fsp3) is 0.970. The van der Waals surface area contributed by atoms with Crippen LogP contribution in [0.25, 0.3) is 0 Å². The van der Waals surface area contributed by atoms with E-state index >= 15 is 0 Å². The van der Waals surface area contributed by atoms with Crippen LogP contribution in [0.1, 0.15) is 195 Å². The Bertz CT molecular complexity index is 446. The third-order valence-corrected chi connectivity index (χ3v) is 8.72. The first-order valence-electron chi connectivity index (χ1n) is 16.3. The second-order valence-electron chi connectivity index (χ2n) is 11.7. The van der Waals surface area contributed by atoms with Gasteiger partial charge in [-0.1, -0.05) is 175 Å². The van der Waals surface area contributed by atoms with Crippen molar-refractivity contribution < 1.29 is 9.90 Å². The lowest BCUT2D eigenvalue weighted by Gasteiger charge is -2.35. The molecule has 2 nitrogen and oxygen atoms in total. The van der Waals surface area contributed by atoms with Gasteiger partial charge >= 0.3 is 5.97 Å². The number of hydrogen-bond acceptors (Lipinski definition) is 1. The topological polar surface area (TPSA) is 37.3 Å². The number of carbonyl (C=O) groups is 1. The van der Waals surface area contributed by atoms with Crippen LogP contribution in [0.4, 0.5) is 0 Å². The molecule has 0 aromatic carbocycles. The van der Waals surface area contributed by atoms with Crippen LogP contribution >= 0.6 is 0 Å². The van der Waals surface area contributed by atoms with Crippen molar-refractivity contribution in [3.63, 3.8) is 0 Å². The van der Waals surface area contributed by atoms with E-state index in [0.29, 0.717) is 0 Å². The Labute approximate surface area is 221 Å². The van der Waals surface area contributed by atoms with Crippen LogP contribution in [-0.2, 0) is 4.79 Å². The molecule has 0 rings (SSSR count). The minimum atomic E-state index is -0.543. The molecule has 35 heavy (non-hydrogen) atoms. The summed E-state index contributed by atoms with van der Waals surface area (Å²) in [6, 6.07) is 0. The van der Waals surface area contributed by atoms with E-state index in [2.05, 4.69) is 27.7 Å². The van der Waals surface area contributed by atoms with Crippen LogP contribution in [0.2, 0.25) is 0 Å². The zero-order valence-corrected chi connectivity index (χ0v) is 24.8. The predicted molar refractivity (Wildman–Crippen MR) is 156 cm³/mol. The van der Waals surface area contributed by atoms with Gasteiger partial charge in [0.1, 0.15) is 0 Å². The van der Waals surface area contributed by atoms with Crippen molar-refractivity contribution in [2.24, 2.45) is 11.3 Å². The quantitative estimate of drug-likeness (QED) is 0.110. The smallest absolute Gasteiger partial charge is 0.309 e. The van der Waals surface area contributed by atoms with Gasteiger partial charge in [-0.2, -0.15) is 0 Å². The summed E-state index contributed by atoms with van der Waals surface area (Å²) in [5.41, 5.74) is -0.503. The van der Waals surface area contributed by atoms with Gasteiger partial charge in [0.05, 0.1) is 5.41 Å². The molecule has 0 saturated carbocycles. The first-order valence-corrected chi connectivity index (χ1v) is 16.3. The second-order valence-corrected chi connectivity index (χ2v) is 11.7. The minimum absolute atomic E-state index is 0.288. The fourth-order valence-corrected chi connectivity index (χ4v) is 5.91.